The molecule has 0 bridgehead atoms. The van der Waals surface area contributed by atoms with Gasteiger partial charge in [-0.2, -0.15) is 0 Å². The fourth-order valence-corrected chi connectivity index (χ4v) is 2.54. The summed E-state index contributed by atoms with van der Waals surface area (Å²) in [4.78, 5) is 21.4. The van der Waals surface area contributed by atoms with Gasteiger partial charge in [0.15, 0.2) is 0 Å². The molecule has 0 fully saturated rings. The highest BCUT2D eigenvalue weighted by atomic mass is 16.1. The normalized spacial score (nSPS) is 11.7. The van der Waals surface area contributed by atoms with E-state index in [0.717, 1.165) is 22.5 Å². The Morgan fingerprint density at radius 3 is 2.29 bits per heavy atom. The minimum Gasteiger partial charge on any atom is -0.350 e. The molecule has 24 heavy (non-hydrogen) atoms. The number of aromatic nitrogens is 2. The predicted octanol–water partition coefficient (Wildman–Crippen LogP) is 3.23. The van der Waals surface area contributed by atoms with Crippen LogP contribution in [0.4, 0.5) is 0 Å². The summed E-state index contributed by atoms with van der Waals surface area (Å²) in [5.41, 5.74) is 3.65. The van der Waals surface area contributed by atoms with Crippen LogP contribution in [-0.4, -0.2) is 15.9 Å². The minimum atomic E-state index is -0.435. The molecular weight excluding hydrogens is 298 g/mol. The molecule has 1 unspecified atom stereocenters. The third-order valence-corrected chi connectivity index (χ3v) is 3.83. The summed E-state index contributed by atoms with van der Waals surface area (Å²) < 4.78 is 0. The van der Waals surface area contributed by atoms with Gasteiger partial charge in [-0.3, -0.25) is 14.8 Å². The second-order valence-electron chi connectivity index (χ2n) is 5.64. The Kier molecular flexibility index (Phi) is 4.96. The first kappa shape index (κ1) is 15.9. The summed E-state index contributed by atoms with van der Waals surface area (Å²) in [6.07, 6.45) is 3.43. The van der Waals surface area contributed by atoms with Crippen LogP contribution in [0.3, 0.4) is 0 Å². The van der Waals surface area contributed by atoms with Crippen molar-refractivity contribution >= 4 is 5.91 Å². The van der Waals surface area contributed by atoms with E-state index in [4.69, 9.17) is 0 Å². The first-order chi connectivity index (χ1) is 11.7. The molecule has 0 saturated heterocycles. The Morgan fingerprint density at radius 2 is 1.67 bits per heavy atom. The molecule has 0 aliphatic rings. The third kappa shape index (κ3) is 3.84. The largest absolute Gasteiger partial charge is 0.350 e. The number of carbonyl (C=O) groups excluding carboxylic acids is 1. The van der Waals surface area contributed by atoms with Crippen LogP contribution in [0.5, 0.6) is 0 Å². The van der Waals surface area contributed by atoms with Crippen molar-refractivity contribution in [3.8, 4) is 0 Å². The van der Waals surface area contributed by atoms with E-state index in [9.17, 15) is 4.79 Å². The zero-order valence-electron chi connectivity index (χ0n) is 13.5. The molecule has 0 radical (unpaired) electrons. The smallest absolute Gasteiger partial charge is 0.233 e. The lowest BCUT2D eigenvalue weighted by molar-refractivity contribution is -0.121. The number of carbonyl (C=O) groups is 1. The number of nitrogens with zero attached hydrogens (tertiary/aromatic N) is 2. The van der Waals surface area contributed by atoms with E-state index < -0.39 is 5.92 Å². The zero-order chi connectivity index (χ0) is 16.8. The maximum Gasteiger partial charge on any atom is 0.233 e. The number of hydrogen-bond donors (Lipinski definition) is 1. The summed E-state index contributed by atoms with van der Waals surface area (Å²) in [5, 5.41) is 2.97. The van der Waals surface area contributed by atoms with Gasteiger partial charge < -0.3 is 5.32 Å². The molecule has 1 aromatic carbocycles. The molecule has 1 N–H and O–H groups in total. The van der Waals surface area contributed by atoms with Gasteiger partial charge in [0.2, 0.25) is 5.91 Å². The molecular formula is C20H19N3O. The van der Waals surface area contributed by atoms with Gasteiger partial charge in [0, 0.05) is 12.4 Å². The Morgan fingerprint density at radius 1 is 0.958 bits per heavy atom. The van der Waals surface area contributed by atoms with E-state index in [0.29, 0.717) is 6.54 Å². The number of amides is 1. The highest BCUT2D eigenvalue weighted by molar-refractivity contribution is 5.86. The standard InChI is InChI=1S/C20H19N3O/c1-15-8-10-16(11-9-15)19(18-7-3-5-13-22-18)20(24)23-14-17-6-2-4-12-21-17/h2-13,19H,14H2,1H3,(H,23,24). The van der Waals surface area contributed by atoms with Crippen molar-refractivity contribution in [2.45, 2.75) is 19.4 Å². The lowest BCUT2D eigenvalue weighted by Gasteiger charge is -2.17. The van der Waals surface area contributed by atoms with Crippen LogP contribution in [0.1, 0.15) is 28.4 Å². The van der Waals surface area contributed by atoms with Crippen molar-refractivity contribution < 1.29 is 4.79 Å². The van der Waals surface area contributed by atoms with Crippen molar-refractivity contribution in [3.05, 3.63) is 95.6 Å². The molecule has 0 saturated carbocycles. The summed E-state index contributed by atoms with van der Waals surface area (Å²) in [6, 6.07) is 19.3. The van der Waals surface area contributed by atoms with Crippen molar-refractivity contribution in [3.63, 3.8) is 0 Å². The third-order valence-electron chi connectivity index (χ3n) is 3.83. The molecule has 3 aromatic rings. The summed E-state index contributed by atoms with van der Waals surface area (Å²) in [6.45, 7) is 2.43. The Balaban J connectivity index is 1.84. The highest BCUT2D eigenvalue weighted by Gasteiger charge is 2.23. The van der Waals surface area contributed by atoms with Crippen LogP contribution in [0.2, 0.25) is 0 Å². The number of nitrogens with one attached hydrogen (secondary N) is 1. The number of aryl methyl sites for hydroxylation is 1. The van der Waals surface area contributed by atoms with Gasteiger partial charge in [0.1, 0.15) is 5.92 Å². The fraction of sp³-hybridized carbons (Fsp3) is 0.150. The molecule has 2 aromatic heterocycles. The van der Waals surface area contributed by atoms with E-state index >= 15 is 0 Å². The second-order valence-corrected chi connectivity index (χ2v) is 5.64. The molecule has 1 atom stereocenters. The molecule has 2 heterocycles. The van der Waals surface area contributed by atoms with E-state index in [1.807, 2.05) is 67.6 Å². The van der Waals surface area contributed by atoms with Crippen LogP contribution in [0.25, 0.3) is 0 Å². The molecule has 3 rings (SSSR count). The number of pyridine rings is 2. The van der Waals surface area contributed by atoms with Crippen LogP contribution < -0.4 is 5.32 Å². The molecule has 1 amide bonds. The minimum absolute atomic E-state index is 0.0804. The molecule has 0 spiro atoms. The fourth-order valence-electron chi connectivity index (χ4n) is 2.54. The van der Waals surface area contributed by atoms with Crippen LogP contribution in [0, 0.1) is 6.92 Å². The summed E-state index contributed by atoms with van der Waals surface area (Å²) >= 11 is 0. The molecule has 0 aliphatic heterocycles. The van der Waals surface area contributed by atoms with E-state index in [1.54, 1.807) is 12.4 Å². The van der Waals surface area contributed by atoms with Gasteiger partial charge >= 0.3 is 0 Å². The van der Waals surface area contributed by atoms with Crippen molar-refractivity contribution in [1.82, 2.24) is 15.3 Å². The average Bonchev–Trinajstić information content (AvgIpc) is 2.64. The van der Waals surface area contributed by atoms with Crippen molar-refractivity contribution in [2.24, 2.45) is 0 Å². The topological polar surface area (TPSA) is 54.9 Å². The van der Waals surface area contributed by atoms with E-state index in [-0.39, 0.29) is 5.91 Å². The van der Waals surface area contributed by atoms with Crippen LogP contribution in [-0.2, 0) is 11.3 Å². The Hall–Kier alpha value is -3.01. The first-order valence-corrected chi connectivity index (χ1v) is 7.89. The van der Waals surface area contributed by atoms with Crippen LogP contribution >= 0.6 is 0 Å². The second kappa shape index (κ2) is 7.51. The quantitative estimate of drug-likeness (QED) is 0.786. The SMILES string of the molecule is Cc1ccc(C(C(=O)NCc2ccccn2)c2ccccn2)cc1. The van der Waals surface area contributed by atoms with Gasteiger partial charge in [-0.05, 0) is 36.8 Å². The molecule has 0 aliphatic carbocycles. The zero-order valence-corrected chi connectivity index (χ0v) is 13.5. The van der Waals surface area contributed by atoms with Crippen LogP contribution in [0.15, 0.2) is 73.1 Å². The Labute approximate surface area is 141 Å². The maximum absolute atomic E-state index is 12.8. The van der Waals surface area contributed by atoms with E-state index in [2.05, 4.69) is 15.3 Å². The van der Waals surface area contributed by atoms with Crippen molar-refractivity contribution in [2.75, 3.05) is 0 Å². The molecule has 4 heteroatoms. The first-order valence-electron chi connectivity index (χ1n) is 7.89. The maximum atomic E-state index is 12.8. The van der Waals surface area contributed by atoms with Crippen molar-refractivity contribution in [1.29, 1.82) is 0 Å². The predicted molar refractivity (Wildman–Crippen MR) is 93.3 cm³/mol. The van der Waals surface area contributed by atoms with Gasteiger partial charge in [0.05, 0.1) is 17.9 Å². The molecule has 4 nitrogen and oxygen atoms in total. The number of hydrogen-bond acceptors (Lipinski definition) is 3. The van der Waals surface area contributed by atoms with E-state index in [1.165, 1.54) is 0 Å². The van der Waals surface area contributed by atoms with Gasteiger partial charge in [-0.15, -0.1) is 0 Å². The lowest BCUT2D eigenvalue weighted by Crippen LogP contribution is -2.30. The average molecular weight is 317 g/mol. The number of rotatable bonds is 5. The molecule has 120 valence electrons. The van der Waals surface area contributed by atoms with Gasteiger partial charge in [-0.1, -0.05) is 42.0 Å². The van der Waals surface area contributed by atoms with Gasteiger partial charge in [0.25, 0.3) is 0 Å². The monoisotopic (exact) mass is 317 g/mol. The summed E-state index contributed by atoms with van der Waals surface area (Å²) in [5.74, 6) is -0.515. The lowest BCUT2D eigenvalue weighted by atomic mass is 9.93. The van der Waals surface area contributed by atoms with Gasteiger partial charge in [-0.25, -0.2) is 0 Å². The highest BCUT2D eigenvalue weighted by Crippen LogP contribution is 2.23. The summed E-state index contributed by atoms with van der Waals surface area (Å²) in [7, 11) is 0. The number of benzene rings is 1. The Bertz CT molecular complexity index is 786.